The van der Waals surface area contributed by atoms with Crippen LogP contribution in [0.5, 0.6) is 0 Å². The van der Waals surface area contributed by atoms with E-state index in [1.165, 1.54) is 18.3 Å². The number of nitriles is 1. The highest BCUT2D eigenvalue weighted by atomic mass is 35.5. The Bertz CT molecular complexity index is 1070. The number of nitrogens with zero attached hydrogens (tertiary/aromatic N) is 2. The number of hydrogen-bond acceptors (Lipinski definition) is 5. The average molecular weight is 369 g/mol. The van der Waals surface area contributed by atoms with Crippen molar-refractivity contribution in [1.29, 1.82) is 5.26 Å². The van der Waals surface area contributed by atoms with Gasteiger partial charge in [-0.05, 0) is 44.2 Å². The third-order valence-electron chi connectivity index (χ3n) is 3.90. The molecule has 0 saturated carbocycles. The van der Waals surface area contributed by atoms with E-state index in [1.54, 1.807) is 32.0 Å². The van der Waals surface area contributed by atoms with E-state index in [1.807, 2.05) is 0 Å². The summed E-state index contributed by atoms with van der Waals surface area (Å²) in [7, 11) is 0. The maximum atomic E-state index is 11.2. The van der Waals surface area contributed by atoms with E-state index >= 15 is 0 Å². The van der Waals surface area contributed by atoms with E-state index < -0.39 is 5.97 Å². The summed E-state index contributed by atoms with van der Waals surface area (Å²) in [6.07, 6.45) is 1.44. The van der Waals surface area contributed by atoms with Crippen LogP contribution in [0.15, 0.2) is 44.2 Å². The highest BCUT2D eigenvalue weighted by Gasteiger charge is 2.14. The largest absolute Gasteiger partial charge is 0.478 e. The second-order valence-corrected chi connectivity index (χ2v) is 5.94. The van der Waals surface area contributed by atoms with Gasteiger partial charge in [-0.25, -0.2) is 9.79 Å². The summed E-state index contributed by atoms with van der Waals surface area (Å²) in [5, 5.41) is 18.5. The van der Waals surface area contributed by atoms with Crippen LogP contribution in [-0.2, 0) is 0 Å². The number of rotatable bonds is 4. The first-order chi connectivity index (χ1) is 12.4. The van der Waals surface area contributed by atoms with Gasteiger partial charge in [-0.3, -0.25) is 0 Å². The molecule has 130 valence electrons. The van der Waals surface area contributed by atoms with E-state index in [-0.39, 0.29) is 16.5 Å². The van der Waals surface area contributed by atoms with Crippen LogP contribution in [0.1, 0.15) is 33.0 Å². The number of carbonyl (C=O) groups is 1. The lowest BCUT2D eigenvalue weighted by molar-refractivity contribution is 0.0697. The molecule has 2 aromatic heterocycles. The van der Waals surface area contributed by atoms with Gasteiger partial charge in [0.15, 0.2) is 0 Å². The zero-order valence-corrected chi connectivity index (χ0v) is 14.7. The molecule has 0 aliphatic rings. The monoisotopic (exact) mass is 368 g/mol. The molecule has 26 heavy (non-hydrogen) atoms. The number of aliphatic imine (C=N–C) groups is 1. The molecular formula is C19H13ClN2O4. The fraction of sp³-hybridized carbons (Fsp3) is 0.105. The van der Waals surface area contributed by atoms with Gasteiger partial charge in [0.2, 0.25) is 5.88 Å². The van der Waals surface area contributed by atoms with Gasteiger partial charge < -0.3 is 13.9 Å². The Labute approximate surface area is 154 Å². The second kappa shape index (κ2) is 6.90. The van der Waals surface area contributed by atoms with Crippen LogP contribution >= 0.6 is 11.6 Å². The van der Waals surface area contributed by atoms with E-state index in [0.717, 1.165) is 5.56 Å². The first-order valence-electron chi connectivity index (χ1n) is 7.58. The molecule has 0 atom stereocenters. The van der Waals surface area contributed by atoms with Gasteiger partial charge in [0.1, 0.15) is 28.9 Å². The van der Waals surface area contributed by atoms with Gasteiger partial charge in [-0.1, -0.05) is 11.6 Å². The van der Waals surface area contributed by atoms with Crippen molar-refractivity contribution in [2.24, 2.45) is 4.99 Å². The van der Waals surface area contributed by atoms with Crippen molar-refractivity contribution in [2.75, 3.05) is 0 Å². The van der Waals surface area contributed by atoms with Crippen LogP contribution in [0.4, 0.5) is 5.88 Å². The van der Waals surface area contributed by atoms with Crippen molar-refractivity contribution in [3.8, 4) is 17.4 Å². The lowest BCUT2D eigenvalue weighted by atomic mass is 10.1. The molecule has 1 aromatic carbocycles. The summed E-state index contributed by atoms with van der Waals surface area (Å²) in [5.41, 5.74) is 1.71. The van der Waals surface area contributed by atoms with Crippen molar-refractivity contribution in [3.05, 3.63) is 63.6 Å². The molecule has 3 rings (SSSR count). The summed E-state index contributed by atoms with van der Waals surface area (Å²) in [6, 6.07) is 10.1. The van der Waals surface area contributed by atoms with E-state index in [0.29, 0.717) is 28.4 Å². The predicted octanol–water partition coefficient (Wildman–Crippen LogP) is 5.13. The van der Waals surface area contributed by atoms with E-state index in [9.17, 15) is 10.1 Å². The van der Waals surface area contributed by atoms with Crippen molar-refractivity contribution >= 4 is 29.7 Å². The molecule has 2 heterocycles. The zero-order chi connectivity index (χ0) is 18.8. The minimum absolute atomic E-state index is 0.00372. The van der Waals surface area contributed by atoms with Gasteiger partial charge in [-0.2, -0.15) is 5.26 Å². The normalized spacial score (nSPS) is 11.0. The van der Waals surface area contributed by atoms with E-state index in [2.05, 4.69) is 11.1 Å². The number of aryl methyl sites for hydroxylation is 1. The number of aromatic carboxylic acids is 1. The zero-order valence-electron chi connectivity index (χ0n) is 13.9. The number of benzene rings is 1. The fourth-order valence-electron chi connectivity index (χ4n) is 2.37. The van der Waals surface area contributed by atoms with Crippen LogP contribution in [0.2, 0.25) is 5.02 Å². The number of carboxylic acids is 1. The molecule has 1 N–H and O–H groups in total. The van der Waals surface area contributed by atoms with Crippen LogP contribution in [0.25, 0.3) is 11.3 Å². The summed E-state index contributed by atoms with van der Waals surface area (Å²) in [4.78, 5) is 15.4. The van der Waals surface area contributed by atoms with Crippen LogP contribution < -0.4 is 0 Å². The van der Waals surface area contributed by atoms with Crippen molar-refractivity contribution in [2.45, 2.75) is 13.8 Å². The van der Waals surface area contributed by atoms with Gasteiger partial charge in [0, 0.05) is 11.1 Å². The summed E-state index contributed by atoms with van der Waals surface area (Å²) < 4.78 is 11.1. The predicted molar refractivity (Wildman–Crippen MR) is 96.3 cm³/mol. The van der Waals surface area contributed by atoms with Crippen molar-refractivity contribution < 1.29 is 18.7 Å². The Morgan fingerprint density at radius 2 is 2.04 bits per heavy atom. The highest BCUT2D eigenvalue weighted by molar-refractivity contribution is 6.33. The van der Waals surface area contributed by atoms with E-state index in [4.69, 9.17) is 25.5 Å². The lowest BCUT2D eigenvalue weighted by Crippen LogP contribution is -1.97. The standard InChI is InChI=1S/C19H13ClN2O4/c1-10-11(2)25-18(15(10)8-21)22-9-13-4-6-17(26-13)12-3-5-16(20)14(7-12)19(23)24/h3-7,9H,1-2H3,(H,23,24). The first-order valence-corrected chi connectivity index (χ1v) is 7.95. The minimum atomic E-state index is -1.11. The summed E-state index contributed by atoms with van der Waals surface area (Å²) in [6.45, 7) is 3.56. The Morgan fingerprint density at radius 3 is 2.73 bits per heavy atom. The molecule has 0 unspecified atom stereocenters. The Kier molecular flexibility index (Phi) is 4.65. The Hall–Kier alpha value is -3.30. The molecule has 0 aliphatic carbocycles. The van der Waals surface area contributed by atoms with Gasteiger partial charge in [0.25, 0.3) is 0 Å². The molecule has 3 aromatic rings. The lowest BCUT2D eigenvalue weighted by Gasteiger charge is -2.01. The maximum absolute atomic E-state index is 11.2. The van der Waals surface area contributed by atoms with Crippen molar-refractivity contribution in [3.63, 3.8) is 0 Å². The Morgan fingerprint density at radius 1 is 1.27 bits per heavy atom. The smallest absolute Gasteiger partial charge is 0.337 e. The fourth-order valence-corrected chi connectivity index (χ4v) is 2.57. The maximum Gasteiger partial charge on any atom is 0.337 e. The molecule has 0 bridgehead atoms. The number of carboxylic acid groups (broad SMARTS) is 1. The minimum Gasteiger partial charge on any atom is -0.478 e. The Balaban J connectivity index is 1.90. The average Bonchev–Trinajstić information content (AvgIpc) is 3.18. The molecule has 0 aliphatic heterocycles. The summed E-state index contributed by atoms with van der Waals surface area (Å²) >= 11 is 5.88. The third-order valence-corrected chi connectivity index (χ3v) is 4.23. The molecule has 0 amide bonds. The SMILES string of the molecule is Cc1oc(N=Cc2ccc(-c3ccc(Cl)c(C(=O)O)c3)o2)c(C#N)c1C. The first kappa shape index (κ1) is 17.5. The molecule has 6 nitrogen and oxygen atoms in total. The summed E-state index contributed by atoms with van der Waals surface area (Å²) in [5.74, 6) is 0.648. The molecular weight excluding hydrogens is 356 g/mol. The topological polar surface area (TPSA) is 99.7 Å². The second-order valence-electron chi connectivity index (χ2n) is 5.54. The van der Waals surface area contributed by atoms with Gasteiger partial charge in [-0.15, -0.1) is 0 Å². The molecule has 0 saturated heterocycles. The molecule has 7 heteroatoms. The van der Waals surface area contributed by atoms with Crippen LogP contribution in [0, 0.1) is 25.2 Å². The van der Waals surface area contributed by atoms with Gasteiger partial charge in [0.05, 0.1) is 16.8 Å². The molecule has 0 spiro atoms. The molecule has 0 fully saturated rings. The number of halogens is 1. The third kappa shape index (κ3) is 3.25. The number of furan rings is 2. The van der Waals surface area contributed by atoms with Crippen LogP contribution in [0.3, 0.4) is 0 Å². The number of hydrogen-bond donors (Lipinski definition) is 1. The highest BCUT2D eigenvalue weighted by Crippen LogP contribution is 2.29. The molecule has 0 radical (unpaired) electrons. The van der Waals surface area contributed by atoms with Crippen LogP contribution in [-0.4, -0.2) is 17.3 Å². The van der Waals surface area contributed by atoms with Gasteiger partial charge >= 0.3 is 5.97 Å². The van der Waals surface area contributed by atoms with Crippen molar-refractivity contribution in [1.82, 2.24) is 0 Å². The quantitative estimate of drug-likeness (QED) is 0.643.